The molecule has 1 atom stereocenters. The van der Waals surface area contributed by atoms with E-state index in [-0.39, 0.29) is 0 Å². The van der Waals surface area contributed by atoms with Crippen molar-refractivity contribution in [2.75, 3.05) is 5.32 Å². The maximum absolute atomic E-state index is 12.4. The van der Waals surface area contributed by atoms with Crippen molar-refractivity contribution in [2.24, 2.45) is 7.05 Å². The average molecular weight is 381 g/mol. The van der Waals surface area contributed by atoms with Gasteiger partial charge in [-0.2, -0.15) is 10.2 Å². The van der Waals surface area contributed by atoms with E-state index >= 15 is 0 Å². The lowest BCUT2D eigenvalue weighted by atomic mass is 10.2. The Hall–Kier alpha value is -3.42. The van der Waals surface area contributed by atoms with Gasteiger partial charge < -0.3 is 10.1 Å². The first-order valence-electron chi connectivity index (χ1n) is 8.91. The number of hydrogen-bond acceptors (Lipinski definition) is 5. The van der Waals surface area contributed by atoms with Crippen LogP contribution in [0.25, 0.3) is 5.69 Å². The van der Waals surface area contributed by atoms with E-state index in [4.69, 9.17) is 4.74 Å². The monoisotopic (exact) mass is 381 g/mol. The van der Waals surface area contributed by atoms with Crippen LogP contribution in [0.1, 0.15) is 34.4 Å². The van der Waals surface area contributed by atoms with Gasteiger partial charge in [-0.3, -0.25) is 9.48 Å². The zero-order chi connectivity index (χ0) is 20.4. The summed E-state index contributed by atoms with van der Waals surface area (Å²) in [6.45, 7) is 7.15. The van der Waals surface area contributed by atoms with Gasteiger partial charge in [0.15, 0.2) is 6.10 Å². The number of benzene rings is 1. The summed E-state index contributed by atoms with van der Waals surface area (Å²) in [5, 5.41) is 11.3. The first-order chi connectivity index (χ1) is 13.3. The average Bonchev–Trinajstić information content (AvgIpc) is 3.20. The summed E-state index contributed by atoms with van der Waals surface area (Å²) < 4.78 is 8.76. The third-order valence-corrected chi connectivity index (χ3v) is 4.59. The zero-order valence-corrected chi connectivity index (χ0v) is 16.6. The lowest BCUT2D eigenvalue weighted by molar-refractivity contribution is -0.123. The maximum atomic E-state index is 12.4. The first kappa shape index (κ1) is 19.3. The van der Waals surface area contributed by atoms with Crippen LogP contribution in [0.15, 0.2) is 36.5 Å². The van der Waals surface area contributed by atoms with Gasteiger partial charge in [0.2, 0.25) is 0 Å². The summed E-state index contributed by atoms with van der Waals surface area (Å²) >= 11 is 0. The molecule has 1 aromatic carbocycles. The molecule has 0 aliphatic carbocycles. The summed E-state index contributed by atoms with van der Waals surface area (Å²) in [5.41, 5.74) is 4.36. The van der Waals surface area contributed by atoms with E-state index in [1.54, 1.807) is 46.9 Å². The van der Waals surface area contributed by atoms with Crippen molar-refractivity contribution in [3.8, 4) is 5.69 Å². The lowest BCUT2D eigenvalue weighted by Gasteiger charge is -2.14. The number of nitrogens with zero attached hydrogens (tertiary/aromatic N) is 4. The van der Waals surface area contributed by atoms with Gasteiger partial charge in [-0.05, 0) is 58.0 Å². The predicted octanol–water partition coefficient (Wildman–Crippen LogP) is 2.72. The fraction of sp³-hybridized carbons (Fsp3) is 0.300. The Kier molecular flexibility index (Phi) is 5.30. The summed E-state index contributed by atoms with van der Waals surface area (Å²) in [6, 6.07) is 8.76. The van der Waals surface area contributed by atoms with Crippen LogP contribution in [0, 0.1) is 20.8 Å². The molecule has 0 spiro atoms. The topological polar surface area (TPSA) is 91.0 Å². The number of nitrogens with one attached hydrogen (secondary N) is 1. The van der Waals surface area contributed by atoms with Crippen molar-refractivity contribution in [2.45, 2.75) is 33.8 Å². The number of carbonyl (C=O) groups excluding carboxylic acids is 2. The molecule has 8 heteroatoms. The molecule has 8 nitrogen and oxygen atoms in total. The molecule has 0 aliphatic rings. The Morgan fingerprint density at radius 2 is 1.79 bits per heavy atom. The standard InChI is InChI=1S/C20H23N5O3/c1-12-10-11-21-25(12)17-8-6-16(7-9-17)20(27)28-15(4)19(26)22-18-13(2)23-24(5)14(18)3/h6-11,15H,1-5H3,(H,22,26)/t15-/m0/s1. The van der Waals surface area contributed by atoms with Gasteiger partial charge in [0.1, 0.15) is 0 Å². The molecule has 1 amide bonds. The van der Waals surface area contributed by atoms with E-state index in [1.165, 1.54) is 6.92 Å². The minimum Gasteiger partial charge on any atom is -0.449 e. The fourth-order valence-electron chi connectivity index (χ4n) is 2.84. The van der Waals surface area contributed by atoms with Crippen LogP contribution >= 0.6 is 0 Å². The van der Waals surface area contributed by atoms with Gasteiger partial charge >= 0.3 is 5.97 Å². The van der Waals surface area contributed by atoms with Crippen molar-refractivity contribution in [1.82, 2.24) is 19.6 Å². The largest absolute Gasteiger partial charge is 0.449 e. The second-order valence-electron chi connectivity index (χ2n) is 6.64. The quantitative estimate of drug-likeness (QED) is 0.686. The van der Waals surface area contributed by atoms with Crippen molar-refractivity contribution >= 4 is 17.6 Å². The molecule has 2 aromatic heterocycles. The van der Waals surface area contributed by atoms with E-state index in [2.05, 4.69) is 15.5 Å². The Morgan fingerprint density at radius 3 is 2.32 bits per heavy atom. The van der Waals surface area contributed by atoms with Crippen LogP contribution in [-0.2, 0) is 16.6 Å². The summed E-state index contributed by atoms with van der Waals surface area (Å²) in [5.74, 6) is -0.970. The van der Waals surface area contributed by atoms with Crippen LogP contribution in [0.4, 0.5) is 5.69 Å². The van der Waals surface area contributed by atoms with Gasteiger partial charge in [0.05, 0.1) is 28.3 Å². The number of ether oxygens (including phenoxy) is 1. The van der Waals surface area contributed by atoms with E-state index in [1.807, 2.05) is 26.8 Å². The van der Waals surface area contributed by atoms with Gasteiger partial charge in [0.25, 0.3) is 5.91 Å². The highest BCUT2D eigenvalue weighted by Gasteiger charge is 2.21. The Balaban J connectivity index is 1.65. The Labute approximate surface area is 163 Å². The maximum Gasteiger partial charge on any atom is 0.338 e. The number of aryl methyl sites for hydroxylation is 3. The van der Waals surface area contributed by atoms with Crippen molar-refractivity contribution in [3.63, 3.8) is 0 Å². The zero-order valence-electron chi connectivity index (χ0n) is 16.6. The number of anilines is 1. The van der Waals surface area contributed by atoms with Crippen LogP contribution in [0.3, 0.4) is 0 Å². The van der Waals surface area contributed by atoms with Crippen molar-refractivity contribution in [1.29, 1.82) is 0 Å². The predicted molar refractivity (Wildman–Crippen MR) is 104 cm³/mol. The number of carbonyl (C=O) groups is 2. The summed E-state index contributed by atoms with van der Waals surface area (Å²) in [6.07, 6.45) is 0.767. The number of amides is 1. The highest BCUT2D eigenvalue weighted by molar-refractivity contribution is 5.98. The molecule has 0 radical (unpaired) electrons. The molecule has 0 aliphatic heterocycles. The van der Waals surface area contributed by atoms with Gasteiger partial charge in [-0.25, -0.2) is 9.48 Å². The Morgan fingerprint density at radius 1 is 1.11 bits per heavy atom. The minimum absolute atomic E-state index is 0.363. The first-order valence-corrected chi connectivity index (χ1v) is 8.91. The van der Waals surface area contributed by atoms with Crippen molar-refractivity contribution in [3.05, 3.63) is 59.2 Å². The molecule has 0 fully saturated rings. The molecule has 1 N–H and O–H groups in total. The van der Waals surface area contributed by atoms with Crippen LogP contribution in [0.5, 0.6) is 0 Å². The molecular formula is C20H23N5O3. The lowest BCUT2D eigenvalue weighted by Crippen LogP contribution is -2.30. The number of hydrogen-bond donors (Lipinski definition) is 1. The SMILES string of the molecule is Cc1nn(C)c(C)c1NC(=O)[C@H](C)OC(=O)c1ccc(-n2nccc2C)cc1. The normalized spacial score (nSPS) is 11.9. The highest BCUT2D eigenvalue weighted by atomic mass is 16.5. The summed E-state index contributed by atoms with van der Waals surface area (Å²) in [7, 11) is 1.80. The molecule has 28 heavy (non-hydrogen) atoms. The molecule has 146 valence electrons. The number of esters is 1. The van der Waals surface area contributed by atoms with E-state index in [0.717, 1.165) is 17.1 Å². The van der Waals surface area contributed by atoms with Crippen LogP contribution in [-0.4, -0.2) is 37.5 Å². The van der Waals surface area contributed by atoms with E-state index in [0.29, 0.717) is 16.9 Å². The molecule has 2 heterocycles. The number of rotatable bonds is 5. The minimum atomic E-state index is -0.945. The highest BCUT2D eigenvalue weighted by Crippen LogP contribution is 2.19. The fourth-order valence-corrected chi connectivity index (χ4v) is 2.84. The van der Waals surface area contributed by atoms with Crippen molar-refractivity contribution < 1.29 is 14.3 Å². The molecule has 0 bridgehead atoms. The molecular weight excluding hydrogens is 358 g/mol. The van der Waals surface area contributed by atoms with Gasteiger partial charge in [-0.1, -0.05) is 0 Å². The second kappa shape index (κ2) is 7.67. The third kappa shape index (κ3) is 3.80. The molecule has 0 saturated heterocycles. The van der Waals surface area contributed by atoms with Gasteiger partial charge in [-0.15, -0.1) is 0 Å². The van der Waals surface area contributed by atoms with Crippen LogP contribution < -0.4 is 5.32 Å². The molecule has 0 saturated carbocycles. The molecule has 0 unspecified atom stereocenters. The summed E-state index contributed by atoms with van der Waals surface area (Å²) in [4.78, 5) is 24.8. The van der Waals surface area contributed by atoms with E-state index in [9.17, 15) is 9.59 Å². The smallest absolute Gasteiger partial charge is 0.338 e. The number of aromatic nitrogens is 4. The van der Waals surface area contributed by atoms with Gasteiger partial charge in [0, 0.05) is 18.9 Å². The molecule has 3 aromatic rings. The third-order valence-electron chi connectivity index (χ3n) is 4.59. The van der Waals surface area contributed by atoms with E-state index < -0.39 is 18.0 Å². The molecule has 3 rings (SSSR count). The second-order valence-corrected chi connectivity index (χ2v) is 6.64. The van der Waals surface area contributed by atoms with Crippen LogP contribution in [0.2, 0.25) is 0 Å². The Bertz CT molecular complexity index is 1020.